The summed E-state index contributed by atoms with van der Waals surface area (Å²) in [5.41, 5.74) is -0.153. The molecule has 2 heterocycles. The minimum atomic E-state index is -0.797. The molecular formula is C18H18N4O6. The number of benzene rings is 1. The third-order valence-corrected chi connectivity index (χ3v) is 4.09. The van der Waals surface area contributed by atoms with Crippen molar-refractivity contribution in [2.24, 2.45) is 0 Å². The molecule has 0 spiro atoms. The molecule has 10 heteroatoms. The lowest BCUT2D eigenvalue weighted by Crippen LogP contribution is -2.42. The van der Waals surface area contributed by atoms with Gasteiger partial charge < -0.3 is 19.4 Å². The highest BCUT2D eigenvalue weighted by Gasteiger charge is 2.32. The Morgan fingerprint density at radius 2 is 2.04 bits per heavy atom. The maximum atomic E-state index is 12.3. The molecule has 146 valence electrons. The first-order valence-electron chi connectivity index (χ1n) is 8.46. The highest BCUT2D eigenvalue weighted by molar-refractivity contribution is 6.02. The summed E-state index contributed by atoms with van der Waals surface area (Å²) in [4.78, 5) is 51.8. The number of carbonyl (C=O) groups is 4. The number of nitrogens with one attached hydrogen (secondary N) is 2. The lowest BCUT2D eigenvalue weighted by molar-refractivity contribution is -0.135. The van der Waals surface area contributed by atoms with Crippen LogP contribution in [0, 0.1) is 0 Å². The van der Waals surface area contributed by atoms with Gasteiger partial charge in [0.1, 0.15) is 17.6 Å². The van der Waals surface area contributed by atoms with Crippen LogP contribution in [-0.4, -0.2) is 47.0 Å². The molecule has 1 aliphatic heterocycles. The minimum Gasteiger partial charge on any atom is -0.484 e. The summed E-state index contributed by atoms with van der Waals surface area (Å²) in [6.45, 7) is -0.314. The number of ether oxygens (including phenoxy) is 2. The van der Waals surface area contributed by atoms with Gasteiger partial charge in [0.25, 0.3) is 5.91 Å². The number of para-hydroxylation sites is 1. The van der Waals surface area contributed by atoms with E-state index in [9.17, 15) is 19.2 Å². The number of amides is 3. The zero-order valence-electron chi connectivity index (χ0n) is 15.0. The fraction of sp³-hybridized carbons (Fsp3) is 0.278. The fourth-order valence-corrected chi connectivity index (χ4v) is 2.75. The van der Waals surface area contributed by atoms with Gasteiger partial charge in [0.2, 0.25) is 11.8 Å². The van der Waals surface area contributed by atoms with Crippen molar-refractivity contribution in [1.82, 2.24) is 14.9 Å². The smallest absolute Gasteiger partial charge is 0.360 e. The van der Waals surface area contributed by atoms with Crippen LogP contribution in [0.1, 0.15) is 29.4 Å². The van der Waals surface area contributed by atoms with Gasteiger partial charge in [0.15, 0.2) is 12.3 Å². The van der Waals surface area contributed by atoms with Crippen LogP contribution in [0.25, 0.3) is 0 Å². The summed E-state index contributed by atoms with van der Waals surface area (Å²) in [5.74, 6) is -1.74. The second-order valence-corrected chi connectivity index (χ2v) is 5.96. The van der Waals surface area contributed by atoms with Crippen LogP contribution in [0.2, 0.25) is 0 Å². The summed E-state index contributed by atoms with van der Waals surface area (Å²) >= 11 is 0. The summed E-state index contributed by atoms with van der Waals surface area (Å²) in [5, 5.41) is 4.77. The molecule has 3 rings (SSSR count). The molecule has 0 saturated carbocycles. The van der Waals surface area contributed by atoms with Gasteiger partial charge in [-0.25, -0.2) is 9.78 Å². The fourth-order valence-electron chi connectivity index (χ4n) is 2.75. The number of aromatic nitrogens is 2. The molecule has 2 N–H and O–H groups in total. The topological polar surface area (TPSA) is 129 Å². The second kappa shape index (κ2) is 8.33. The molecule has 28 heavy (non-hydrogen) atoms. The molecule has 0 bridgehead atoms. The van der Waals surface area contributed by atoms with Crippen molar-refractivity contribution in [1.29, 1.82) is 0 Å². The van der Waals surface area contributed by atoms with Gasteiger partial charge in [-0.2, -0.15) is 0 Å². The number of hydrogen-bond donors (Lipinski definition) is 2. The molecular weight excluding hydrogens is 368 g/mol. The van der Waals surface area contributed by atoms with E-state index in [1.165, 1.54) is 18.0 Å². The van der Waals surface area contributed by atoms with Crippen LogP contribution in [-0.2, 0) is 19.1 Å². The van der Waals surface area contributed by atoms with Crippen LogP contribution in [0.5, 0.6) is 5.75 Å². The van der Waals surface area contributed by atoms with E-state index in [0.29, 0.717) is 5.75 Å². The largest absolute Gasteiger partial charge is 0.484 e. The number of nitrogens with zero attached hydrogens (tertiary/aromatic N) is 2. The zero-order chi connectivity index (χ0) is 20.1. The van der Waals surface area contributed by atoms with Gasteiger partial charge in [-0.3, -0.25) is 19.7 Å². The van der Waals surface area contributed by atoms with Gasteiger partial charge >= 0.3 is 5.97 Å². The highest BCUT2D eigenvalue weighted by atomic mass is 16.5. The van der Waals surface area contributed by atoms with Crippen molar-refractivity contribution in [3.05, 3.63) is 42.4 Å². The van der Waals surface area contributed by atoms with Crippen LogP contribution < -0.4 is 15.4 Å². The molecule has 2 aromatic rings. The second-order valence-electron chi connectivity index (χ2n) is 5.96. The zero-order valence-corrected chi connectivity index (χ0v) is 15.0. The summed E-state index contributed by atoms with van der Waals surface area (Å²) in [6, 6.07) is 7.94. The van der Waals surface area contributed by atoms with E-state index in [4.69, 9.17) is 4.74 Å². The number of carbonyl (C=O) groups excluding carboxylic acids is 4. The Bertz CT molecular complexity index is 908. The van der Waals surface area contributed by atoms with Crippen molar-refractivity contribution < 1.29 is 28.7 Å². The van der Waals surface area contributed by atoms with Crippen molar-refractivity contribution in [3.8, 4) is 5.75 Å². The number of anilines is 1. The third-order valence-electron chi connectivity index (χ3n) is 4.09. The maximum absolute atomic E-state index is 12.3. The van der Waals surface area contributed by atoms with Gasteiger partial charge in [0.05, 0.1) is 13.4 Å². The number of piperidine rings is 1. The Hall–Kier alpha value is -3.69. The van der Waals surface area contributed by atoms with E-state index in [-0.39, 0.29) is 36.9 Å². The Labute approximate surface area is 159 Å². The Balaban J connectivity index is 1.80. The van der Waals surface area contributed by atoms with Gasteiger partial charge in [-0.05, 0) is 18.6 Å². The molecule has 3 amide bonds. The SMILES string of the molecule is COC(=O)c1ncn(C2CCC(=O)NC2=O)c1NC(=O)COc1ccccc1. The monoisotopic (exact) mass is 386 g/mol. The average Bonchev–Trinajstić information content (AvgIpc) is 3.09. The predicted molar refractivity (Wildman–Crippen MR) is 95.6 cm³/mol. The summed E-state index contributed by atoms with van der Waals surface area (Å²) in [7, 11) is 1.18. The molecule has 1 aromatic carbocycles. The van der Waals surface area contributed by atoms with Crippen LogP contribution in [0.15, 0.2) is 36.7 Å². The summed E-state index contributed by atoms with van der Waals surface area (Å²) < 4.78 is 11.4. The molecule has 0 radical (unpaired) electrons. The number of hydrogen-bond acceptors (Lipinski definition) is 7. The minimum absolute atomic E-state index is 0.00279. The Kier molecular flexibility index (Phi) is 5.68. The van der Waals surface area contributed by atoms with Crippen LogP contribution >= 0.6 is 0 Å². The third kappa shape index (κ3) is 4.17. The first-order valence-corrected chi connectivity index (χ1v) is 8.46. The molecule has 1 atom stereocenters. The van der Waals surface area contributed by atoms with Gasteiger partial charge in [0, 0.05) is 6.42 Å². The van der Waals surface area contributed by atoms with E-state index in [2.05, 4.69) is 20.4 Å². The van der Waals surface area contributed by atoms with Gasteiger partial charge in [-0.15, -0.1) is 0 Å². The Morgan fingerprint density at radius 3 is 2.71 bits per heavy atom. The summed E-state index contributed by atoms with van der Waals surface area (Å²) in [6.07, 6.45) is 1.59. The van der Waals surface area contributed by atoms with E-state index in [0.717, 1.165) is 0 Å². The van der Waals surface area contributed by atoms with Crippen LogP contribution in [0.4, 0.5) is 5.82 Å². The molecule has 10 nitrogen and oxygen atoms in total. The molecule has 1 saturated heterocycles. The average molecular weight is 386 g/mol. The first kappa shape index (κ1) is 19.1. The molecule has 1 aliphatic rings. The number of rotatable bonds is 6. The van der Waals surface area contributed by atoms with Gasteiger partial charge in [-0.1, -0.05) is 18.2 Å². The quantitative estimate of drug-likeness (QED) is 0.551. The number of methoxy groups -OCH3 is 1. The first-order chi connectivity index (χ1) is 13.5. The van der Waals surface area contributed by atoms with Crippen molar-refractivity contribution >= 4 is 29.5 Å². The number of imidazole rings is 1. The van der Waals surface area contributed by atoms with E-state index in [1.807, 2.05) is 6.07 Å². The van der Waals surface area contributed by atoms with E-state index < -0.39 is 23.8 Å². The number of imide groups is 1. The van der Waals surface area contributed by atoms with Crippen LogP contribution in [0.3, 0.4) is 0 Å². The molecule has 1 unspecified atom stereocenters. The maximum Gasteiger partial charge on any atom is 0.360 e. The van der Waals surface area contributed by atoms with E-state index >= 15 is 0 Å². The lowest BCUT2D eigenvalue weighted by Gasteiger charge is -2.23. The Morgan fingerprint density at radius 1 is 1.29 bits per heavy atom. The van der Waals surface area contributed by atoms with E-state index in [1.54, 1.807) is 24.3 Å². The molecule has 0 aliphatic carbocycles. The number of esters is 1. The normalized spacial score (nSPS) is 16.2. The lowest BCUT2D eigenvalue weighted by atomic mass is 10.1. The molecule has 1 fully saturated rings. The van der Waals surface area contributed by atoms with Crippen molar-refractivity contribution in [2.45, 2.75) is 18.9 Å². The van der Waals surface area contributed by atoms with Crippen molar-refractivity contribution in [3.63, 3.8) is 0 Å². The predicted octanol–water partition coefficient (Wildman–Crippen LogP) is 0.665. The standard InChI is InChI=1S/C18H18N4O6/c1-27-18(26)15-16(20-14(24)9-28-11-5-3-2-4-6-11)22(10-19-15)12-7-8-13(23)21-17(12)25/h2-6,10,12H,7-9H2,1H3,(H,20,24)(H,21,23,25). The van der Waals surface area contributed by atoms with Crippen molar-refractivity contribution in [2.75, 3.05) is 19.0 Å². The molecule has 1 aromatic heterocycles. The highest BCUT2D eigenvalue weighted by Crippen LogP contribution is 2.26.